The van der Waals surface area contributed by atoms with E-state index in [1.807, 2.05) is 16.9 Å². The Morgan fingerprint density at radius 2 is 1.64 bits per heavy atom. The molecule has 3 heterocycles. The quantitative estimate of drug-likeness (QED) is 0.263. The number of piperidine rings is 1. The van der Waals surface area contributed by atoms with Gasteiger partial charge in [-0.15, -0.1) is 0 Å². The summed E-state index contributed by atoms with van der Waals surface area (Å²) in [6.45, 7) is 2.80. The summed E-state index contributed by atoms with van der Waals surface area (Å²) in [4.78, 5) is 24.2. The van der Waals surface area contributed by atoms with Crippen molar-refractivity contribution in [2.75, 3.05) is 32.1 Å². The van der Waals surface area contributed by atoms with E-state index in [9.17, 15) is 19.8 Å². The summed E-state index contributed by atoms with van der Waals surface area (Å²) in [6.07, 6.45) is 1.28. The maximum absolute atomic E-state index is 12.1. The molecule has 4 aliphatic rings. The second-order valence-electron chi connectivity index (χ2n) is 12.2. The molecule has 0 spiro atoms. The molecular formula is C30H37N3O9. The highest BCUT2D eigenvalue weighted by Crippen LogP contribution is 2.59. The minimum Gasteiger partial charge on any atom is -0.508 e. The van der Waals surface area contributed by atoms with Gasteiger partial charge in [0, 0.05) is 30.6 Å². The molecule has 42 heavy (non-hydrogen) atoms. The molecule has 1 saturated carbocycles. The molecule has 6 N–H and O–H groups in total. The van der Waals surface area contributed by atoms with Gasteiger partial charge in [0.15, 0.2) is 17.8 Å². The molecule has 1 saturated heterocycles. The first-order valence-electron chi connectivity index (χ1n) is 14.3. The fourth-order valence-electron chi connectivity index (χ4n) is 7.88. The zero-order valence-corrected chi connectivity index (χ0v) is 23.7. The summed E-state index contributed by atoms with van der Waals surface area (Å²) < 4.78 is 8.13. The minimum atomic E-state index is -2.27. The van der Waals surface area contributed by atoms with Crippen LogP contribution in [0.1, 0.15) is 43.2 Å². The van der Waals surface area contributed by atoms with Gasteiger partial charge in [0.25, 0.3) is 0 Å². The number of hydrogen-bond acceptors (Lipinski definition) is 9. The van der Waals surface area contributed by atoms with E-state index in [0.29, 0.717) is 0 Å². The second kappa shape index (κ2) is 10.0. The summed E-state index contributed by atoms with van der Waals surface area (Å²) in [5.41, 5.74) is 6.88. The highest BCUT2D eigenvalue weighted by atomic mass is 16.5. The first-order chi connectivity index (χ1) is 19.9. The molecule has 12 heteroatoms. The summed E-state index contributed by atoms with van der Waals surface area (Å²) in [5, 5.41) is 55.5. The number of phenolic OH excluding ortho intramolecular Hbond substituents is 1. The molecule has 1 aromatic heterocycles. The van der Waals surface area contributed by atoms with E-state index < -0.39 is 29.7 Å². The minimum absolute atomic E-state index is 0.111. The Balaban J connectivity index is 0.000000274. The van der Waals surface area contributed by atoms with Gasteiger partial charge in [0.05, 0.1) is 17.8 Å². The smallest absolute Gasteiger partial charge is 0.335 e. The SMILES string of the molecule is CN1CCn2oc3c(-c4cc(O)cc5c4C[C@H]4N(C)CC[C@@]56CCCCC46O)ccc1c32.O=C(O)C(O)C(O)C(=O)O. The highest BCUT2D eigenvalue weighted by molar-refractivity contribution is 6.00. The van der Waals surface area contributed by atoms with Crippen molar-refractivity contribution < 1.29 is 44.8 Å². The number of nitrogens with zero attached hydrogens (tertiary/aromatic N) is 3. The predicted octanol–water partition coefficient (Wildman–Crippen LogP) is 1.74. The van der Waals surface area contributed by atoms with Crippen LogP contribution in [0.15, 0.2) is 28.8 Å². The third kappa shape index (κ3) is 4.03. The Hall–Kier alpha value is -3.58. The number of aliphatic hydroxyl groups excluding tert-OH is 2. The zero-order valence-electron chi connectivity index (χ0n) is 23.7. The lowest BCUT2D eigenvalue weighted by molar-refractivity contribution is -0.165. The largest absolute Gasteiger partial charge is 0.508 e. The zero-order chi connectivity index (χ0) is 30.1. The molecule has 2 bridgehead atoms. The van der Waals surface area contributed by atoms with Crippen molar-refractivity contribution in [3.8, 4) is 16.9 Å². The van der Waals surface area contributed by atoms with Gasteiger partial charge < -0.3 is 45.0 Å². The second-order valence-corrected chi connectivity index (χ2v) is 12.2. The standard InChI is InChI=1S/C26H31N3O3.C4H6O6/c1-27-11-12-29-23-21(27)6-5-17(24(23)32-29)18-13-16(30)14-20-19(18)15-22-26(31)8-4-3-7-25(20,26)9-10-28(22)2;5-1(3(7)8)2(6)4(9)10/h5-6,13-14,22,30-31H,3-4,7-12,15H2,1-2H3;1-2,5-6H,(H,7,8)(H,9,10)/t22-,25+,26?;/m1./s1. The van der Waals surface area contributed by atoms with Gasteiger partial charge in [-0.2, -0.15) is 0 Å². The first-order valence-corrected chi connectivity index (χ1v) is 14.3. The molecule has 7 rings (SSSR count). The average Bonchev–Trinajstić information content (AvgIpc) is 2.94. The summed E-state index contributed by atoms with van der Waals surface area (Å²) >= 11 is 0. The molecule has 3 unspecified atom stereocenters. The van der Waals surface area contributed by atoms with E-state index in [-0.39, 0.29) is 17.2 Å². The Bertz CT molecular complexity index is 1540. The van der Waals surface area contributed by atoms with Gasteiger partial charge in [0.2, 0.25) is 0 Å². The van der Waals surface area contributed by atoms with Gasteiger partial charge in [0.1, 0.15) is 11.3 Å². The molecule has 0 radical (unpaired) electrons. The number of carbonyl (C=O) groups is 2. The normalized spacial score (nSPS) is 27.8. The van der Waals surface area contributed by atoms with E-state index in [1.165, 1.54) is 16.8 Å². The van der Waals surface area contributed by atoms with Crippen LogP contribution < -0.4 is 4.90 Å². The molecule has 12 nitrogen and oxygen atoms in total. The summed E-state index contributed by atoms with van der Waals surface area (Å²) in [5.74, 6) is -3.25. The number of aromatic nitrogens is 1. The number of anilines is 1. The molecule has 5 atom stereocenters. The molecule has 0 amide bonds. The molecule has 2 aliphatic heterocycles. The van der Waals surface area contributed by atoms with Crippen molar-refractivity contribution in [1.82, 2.24) is 9.64 Å². The number of rotatable bonds is 4. The Kier molecular flexibility index (Phi) is 6.80. The molecule has 3 aromatic rings. The van der Waals surface area contributed by atoms with Crippen LogP contribution in [0.2, 0.25) is 0 Å². The van der Waals surface area contributed by atoms with Crippen LogP contribution in [0.5, 0.6) is 5.75 Å². The van der Waals surface area contributed by atoms with Gasteiger partial charge in [-0.3, -0.25) is 0 Å². The van der Waals surface area contributed by atoms with Gasteiger partial charge >= 0.3 is 11.9 Å². The molecule has 226 valence electrons. The van der Waals surface area contributed by atoms with Crippen molar-refractivity contribution in [2.45, 2.75) is 74.3 Å². The lowest BCUT2D eigenvalue weighted by Crippen LogP contribution is -2.71. The molecule has 2 aliphatic carbocycles. The van der Waals surface area contributed by atoms with Crippen LogP contribution in [0.4, 0.5) is 5.69 Å². The molecule has 2 aromatic carbocycles. The van der Waals surface area contributed by atoms with Gasteiger partial charge in [-0.05, 0) is 80.2 Å². The third-order valence-electron chi connectivity index (χ3n) is 10.1. The van der Waals surface area contributed by atoms with E-state index in [0.717, 1.165) is 80.4 Å². The van der Waals surface area contributed by atoms with E-state index in [2.05, 4.69) is 36.0 Å². The average molecular weight is 584 g/mol. The van der Waals surface area contributed by atoms with Crippen molar-refractivity contribution in [2.24, 2.45) is 0 Å². The van der Waals surface area contributed by atoms with Crippen LogP contribution in [-0.4, -0.2) is 103 Å². The fraction of sp³-hybridized carbons (Fsp3) is 0.533. The first kappa shape index (κ1) is 28.5. The molecule has 2 fully saturated rings. The molecular weight excluding hydrogens is 546 g/mol. The number of carboxylic acid groups (broad SMARTS) is 2. The summed E-state index contributed by atoms with van der Waals surface area (Å²) in [6, 6.07) is 8.32. The van der Waals surface area contributed by atoms with Crippen LogP contribution in [0, 0.1) is 0 Å². The number of aliphatic carboxylic acids is 2. The number of benzene rings is 2. The number of carboxylic acids is 2. The van der Waals surface area contributed by atoms with Gasteiger partial charge in [-0.25, -0.2) is 14.3 Å². The van der Waals surface area contributed by atoms with Crippen LogP contribution >= 0.6 is 0 Å². The highest BCUT2D eigenvalue weighted by Gasteiger charge is 2.63. The van der Waals surface area contributed by atoms with Crippen LogP contribution in [0.25, 0.3) is 22.2 Å². The number of likely N-dealkylation sites (tertiary alicyclic amines) is 1. The monoisotopic (exact) mass is 583 g/mol. The van der Waals surface area contributed by atoms with Crippen LogP contribution in [-0.2, 0) is 28.0 Å². The van der Waals surface area contributed by atoms with E-state index >= 15 is 0 Å². The number of aliphatic hydroxyl groups is 3. The van der Waals surface area contributed by atoms with Gasteiger partial charge in [-0.1, -0.05) is 12.8 Å². The number of fused-ring (bicyclic) bond motifs is 1. The van der Waals surface area contributed by atoms with E-state index in [4.69, 9.17) is 24.9 Å². The Morgan fingerprint density at radius 1 is 0.952 bits per heavy atom. The van der Waals surface area contributed by atoms with Crippen LogP contribution in [0.3, 0.4) is 0 Å². The fourth-order valence-corrected chi connectivity index (χ4v) is 7.88. The van der Waals surface area contributed by atoms with Crippen molar-refractivity contribution in [3.05, 3.63) is 35.4 Å². The van der Waals surface area contributed by atoms with Crippen molar-refractivity contribution in [1.29, 1.82) is 0 Å². The summed E-state index contributed by atoms with van der Waals surface area (Å²) in [7, 11) is 4.29. The number of hydrogen-bond donors (Lipinski definition) is 6. The van der Waals surface area contributed by atoms with Crippen molar-refractivity contribution in [3.63, 3.8) is 0 Å². The topological polar surface area (TPSA) is 180 Å². The number of likely N-dealkylation sites (N-methyl/N-ethyl adjacent to an activating group) is 2. The Morgan fingerprint density at radius 3 is 2.33 bits per heavy atom. The maximum atomic E-state index is 12.1. The lowest BCUT2D eigenvalue weighted by atomic mass is 9.49. The van der Waals surface area contributed by atoms with Crippen molar-refractivity contribution >= 4 is 28.7 Å². The number of aromatic hydroxyl groups is 1. The lowest BCUT2D eigenvalue weighted by Gasteiger charge is -2.63. The maximum Gasteiger partial charge on any atom is 0.335 e. The predicted molar refractivity (Wildman–Crippen MR) is 152 cm³/mol. The van der Waals surface area contributed by atoms with E-state index in [1.54, 1.807) is 0 Å². The number of phenols is 1. The Labute approximate surface area is 241 Å². The third-order valence-corrected chi connectivity index (χ3v) is 10.1.